The van der Waals surface area contributed by atoms with Gasteiger partial charge in [0.05, 0.1) is 11.1 Å². The molecule has 0 bridgehead atoms. The molecule has 0 spiro atoms. The van der Waals surface area contributed by atoms with Gasteiger partial charge in [-0.05, 0) is 28.1 Å². The molecular formula is C9H9BrClN3O. The summed E-state index contributed by atoms with van der Waals surface area (Å²) in [6, 6.07) is 3.44. The van der Waals surface area contributed by atoms with E-state index in [1.54, 1.807) is 12.1 Å². The first-order valence-electron chi connectivity index (χ1n) is 4.44. The first-order valence-corrected chi connectivity index (χ1v) is 5.67. The van der Waals surface area contributed by atoms with Crippen LogP contribution >= 0.6 is 27.5 Å². The van der Waals surface area contributed by atoms with Crippen LogP contribution in [0.1, 0.15) is 6.42 Å². The fourth-order valence-electron chi connectivity index (χ4n) is 1.52. The van der Waals surface area contributed by atoms with E-state index in [0.29, 0.717) is 29.1 Å². The maximum atomic E-state index is 11.6. The van der Waals surface area contributed by atoms with Gasteiger partial charge >= 0.3 is 0 Å². The molecule has 1 amide bonds. The molecule has 2 heterocycles. The summed E-state index contributed by atoms with van der Waals surface area (Å²) < 4.78 is 0.650. The molecular weight excluding hydrogens is 281 g/mol. The SMILES string of the molecule is Nc1ccc(Br)nc1N1CC(Cl)CC1=O. The number of anilines is 2. The highest BCUT2D eigenvalue weighted by Gasteiger charge is 2.31. The smallest absolute Gasteiger partial charge is 0.229 e. The van der Waals surface area contributed by atoms with Crippen LogP contribution in [0.3, 0.4) is 0 Å². The third-order valence-corrected chi connectivity index (χ3v) is 2.94. The normalized spacial score (nSPS) is 21.1. The Bertz CT molecular complexity index is 412. The van der Waals surface area contributed by atoms with E-state index in [1.165, 1.54) is 4.90 Å². The number of halogens is 2. The maximum absolute atomic E-state index is 11.6. The highest BCUT2D eigenvalue weighted by atomic mass is 79.9. The molecule has 15 heavy (non-hydrogen) atoms. The van der Waals surface area contributed by atoms with Crippen molar-refractivity contribution in [1.29, 1.82) is 0 Å². The lowest BCUT2D eigenvalue weighted by molar-refractivity contribution is -0.117. The molecule has 4 nitrogen and oxygen atoms in total. The fraction of sp³-hybridized carbons (Fsp3) is 0.333. The first-order chi connectivity index (χ1) is 7.08. The van der Waals surface area contributed by atoms with E-state index in [4.69, 9.17) is 17.3 Å². The number of rotatable bonds is 1. The number of nitrogens with two attached hydrogens (primary N) is 1. The molecule has 1 saturated heterocycles. The molecule has 1 aromatic heterocycles. The lowest BCUT2D eigenvalue weighted by Gasteiger charge is -2.16. The third-order valence-electron chi connectivity index (χ3n) is 2.20. The number of hydrogen-bond donors (Lipinski definition) is 1. The highest BCUT2D eigenvalue weighted by Crippen LogP contribution is 2.28. The largest absolute Gasteiger partial charge is 0.396 e. The molecule has 0 radical (unpaired) electrons. The highest BCUT2D eigenvalue weighted by molar-refractivity contribution is 9.10. The topological polar surface area (TPSA) is 59.2 Å². The van der Waals surface area contributed by atoms with Crippen molar-refractivity contribution in [2.24, 2.45) is 0 Å². The Morgan fingerprint density at radius 1 is 1.60 bits per heavy atom. The predicted octanol–water partition coefficient (Wildman–Crippen LogP) is 1.77. The van der Waals surface area contributed by atoms with Crippen molar-refractivity contribution in [2.75, 3.05) is 17.2 Å². The summed E-state index contributed by atoms with van der Waals surface area (Å²) in [6.07, 6.45) is 0.342. The summed E-state index contributed by atoms with van der Waals surface area (Å²) in [7, 11) is 0. The number of aromatic nitrogens is 1. The van der Waals surface area contributed by atoms with Crippen molar-refractivity contribution in [3.05, 3.63) is 16.7 Å². The molecule has 1 unspecified atom stereocenters. The van der Waals surface area contributed by atoms with Crippen molar-refractivity contribution in [3.8, 4) is 0 Å². The minimum atomic E-state index is -0.155. The number of amides is 1. The summed E-state index contributed by atoms with van der Waals surface area (Å²) in [5.74, 6) is 0.449. The van der Waals surface area contributed by atoms with E-state index in [1.807, 2.05) is 0 Å². The number of nitrogens with zero attached hydrogens (tertiary/aromatic N) is 2. The van der Waals surface area contributed by atoms with E-state index in [0.717, 1.165) is 0 Å². The fourth-order valence-corrected chi connectivity index (χ4v) is 2.09. The average molecular weight is 291 g/mol. The standard InChI is InChI=1S/C9H9BrClN3O/c10-7-2-1-6(12)9(13-7)14-4-5(11)3-8(14)15/h1-2,5H,3-4,12H2. The summed E-state index contributed by atoms with van der Waals surface area (Å²) >= 11 is 9.14. The van der Waals surface area contributed by atoms with Gasteiger partial charge in [0.1, 0.15) is 4.60 Å². The van der Waals surface area contributed by atoms with Gasteiger partial charge in [-0.3, -0.25) is 9.69 Å². The zero-order valence-corrected chi connectivity index (χ0v) is 10.1. The number of hydrogen-bond acceptors (Lipinski definition) is 3. The van der Waals surface area contributed by atoms with Gasteiger partial charge in [0.25, 0.3) is 0 Å². The van der Waals surface area contributed by atoms with Crippen LogP contribution in [0.5, 0.6) is 0 Å². The summed E-state index contributed by atoms with van der Waals surface area (Å²) in [6.45, 7) is 0.466. The van der Waals surface area contributed by atoms with Crippen LogP contribution in [0.25, 0.3) is 0 Å². The summed E-state index contributed by atoms with van der Waals surface area (Å²) in [4.78, 5) is 17.3. The zero-order chi connectivity index (χ0) is 11.0. The van der Waals surface area contributed by atoms with E-state index in [2.05, 4.69) is 20.9 Å². The Morgan fingerprint density at radius 2 is 2.33 bits per heavy atom. The Balaban J connectivity index is 2.37. The van der Waals surface area contributed by atoms with Crippen LogP contribution in [-0.4, -0.2) is 22.8 Å². The minimum Gasteiger partial charge on any atom is -0.396 e. The Morgan fingerprint density at radius 3 is 2.93 bits per heavy atom. The van der Waals surface area contributed by atoms with Crippen LogP contribution in [0.4, 0.5) is 11.5 Å². The van der Waals surface area contributed by atoms with Gasteiger partial charge in [0.2, 0.25) is 5.91 Å². The first kappa shape index (κ1) is 10.7. The minimum absolute atomic E-state index is 0.0349. The number of carbonyl (C=O) groups excluding carboxylic acids is 1. The van der Waals surface area contributed by atoms with Gasteiger partial charge in [0, 0.05) is 13.0 Å². The monoisotopic (exact) mass is 289 g/mol. The second kappa shape index (κ2) is 3.98. The van der Waals surface area contributed by atoms with Crippen molar-refractivity contribution in [3.63, 3.8) is 0 Å². The number of nitrogen functional groups attached to an aromatic ring is 1. The van der Waals surface area contributed by atoms with E-state index < -0.39 is 0 Å². The predicted molar refractivity (Wildman–Crippen MR) is 63.0 cm³/mol. The molecule has 2 rings (SSSR count). The van der Waals surface area contributed by atoms with Gasteiger partial charge in [-0.2, -0.15) is 0 Å². The lowest BCUT2D eigenvalue weighted by atomic mass is 10.3. The second-order valence-electron chi connectivity index (χ2n) is 3.35. The second-order valence-corrected chi connectivity index (χ2v) is 4.78. The Labute approximate surface area is 101 Å². The van der Waals surface area contributed by atoms with Gasteiger partial charge in [-0.15, -0.1) is 11.6 Å². The molecule has 0 aliphatic carbocycles. The molecule has 1 atom stereocenters. The quantitative estimate of drug-likeness (QED) is 0.633. The van der Waals surface area contributed by atoms with Gasteiger partial charge in [0.15, 0.2) is 5.82 Å². The molecule has 1 aliphatic heterocycles. The molecule has 1 aliphatic rings. The van der Waals surface area contributed by atoms with Crippen molar-refractivity contribution < 1.29 is 4.79 Å². The molecule has 0 saturated carbocycles. The Hall–Kier alpha value is -0.810. The van der Waals surface area contributed by atoms with Crippen LogP contribution in [0.15, 0.2) is 16.7 Å². The number of pyridine rings is 1. The van der Waals surface area contributed by atoms with Crippen LogP contribution in [0.2, 0.25) is 0 Å². The van der Waals surface area contributed by atoms with Crippen molar-refractivity contribution in [1.82, 2.24) is 4.98 Å². The van der Waals surface area contributed by atoms with Crippen LogP contribution in [-0.2, 0) is 4.79 Å². The summed E-state index contributed by atoms with van der Waals surface area (Å²) in [5, 5.41) is -0.155. The Kier molecular flexibility index (Phi) is 2.84. The molecule has 1 fully saturated rings. The van der Waals surface area contributed by atoms with E-state index in [-0.39, 0.29) is 11.3 Å². The zero-order valence-electron chi connectivity index (χ0n) is 7.78. The maximum Gasteiger partial charge on any atom is 0.229 e. The number of carbonyl (C=O) groups is 1. The van der Waals surface area contributed by atoms with Crippen molar-refractivity contribution in [2.45, 2.75) is 11.8 Å². The molecule has 6 heteroatoms. The molecule has 1 aromatic rings. The molecule has 80 valence electrons. The molecule has 0 aromatic carbocycles. The van der Waals surface area contributed by atoms with Crippen LogP contribution < -0.4 is 10.6 Å². The average Bonchev–Trinajstić information content (AvgIpc) is 2.50. The van der Waals surface area contributed by atoms with Gasteiger partial charge in [-0.1, -0.05) is 0 Å². The van der Waals surface area contributed by atoms with E-state index in [9.17, 15) is 4.79 Å². The molecule has 2 N–H and O–H groups in total. The van der Waals surface area contributed by atoms with Gasteiger partial charge in [-0.25, -0.2) is 4.98 Å². The van der Waals surface area contributed by atoms with Gasteiger partial charge < -0.3 is 5.73 Å². The van der Waals surface area contributed by atoms with Crippen molar-refractivity contribution >= 4 is 44.9 Å². The van der Waals surface area contributed by atoms with E-state index >= 15 is 0 Å². The number of alkyl halides is 1. The third kappa shape index (κ3) is 2.08. The summed E-state index contributed by atoms with van der Waals surface area (Å²) in [5.41, 5.74) is 6.24. The van der Waals surface area contributed by atoms with Crippen LogP contribution in [0, 0.1) is 0 Å². The lowest BCUT2D eigenvalue weighted by Crippen LogP contribution is -2.26.